The summed E-state index contributed by atoms with van der Waals surface area (Å²) in [6.07, 6.45) is 4.72. The molecule has 1 amide bonds. The number of ether oxygens (including phenoxy) is 1. The van der Waals surface area contributed by atoms with E-state index in [1.54, 1.807) is 36.2 Å². The van der Waals surface area contributed by atoms with Crippen LogP contribution >= 0.6 is 0 Å². The fourth-order valence-electron chi connectivity index (χ4n) is 1.76. The second-order valence-electron chi connectivity index (χ2n) is 4.77. The molecule has 1 aromatic carbocycles. The predicted octanol–water partition coefficient (Wildman–Crippen LogP) is 1.78. The minimum Gasteiger partial charge on any atom is -0.484 e. The highest BCUT2D eigenvalue weighted by Gasteiger charge is 2.29. The van der Waals surface area contributed by atoms with E-state index < -0.39 is 5.97 Å². The number of benzene rings is 1. The van der Waals surface area contributed by atoms with Gasteiger partial charge in [-0.25, -0.2) is 4.79 Å². The van der Waals surface area contributed by atoms with E-state index in [1.807, 2.05) is 0 Å². The number of nitrogens with zero attached hydrogens (tertiary/aromatic N) is 1. The highest BCUT2D eigenvalue weighted by Crippen LogP contribution is 2.25. The molecule has 0 heterocycles. The predicted molar refractivity (Wildman–Crippen MR) is 74.4 cm³/mol. The second kappa shape index (κ2) is 6.23. The summed E-state index contributed by atoms with van der Waals surface area (Å²) in [4.78, 5) is 23.9. The second-order valence-corrected chi connectivity index (χ2v) is 4.77. The molecule has 0 unspecified atom stereocenters. The quantitative estimate of drug-likeness (QED) is 0.804. The number of aliphatic carboxylic acids is 1. The Hall–Kier alpha value is -2.30. The van der Waals surface area contributed by atoms with E-state index in [0.717, 1.165) is 24.5 Å². The third-order valence-corrected chi connectivity index (χ3v) is 3.15. The molecule has 5 nitrogen and oxygen atoms in total. The first kappa shape index (κ1) is 14.1. The molecule has 0 spiro atoms. The maximum Gasteiger partial charge on any atom is 0.328 e. The minimum absolute atomic E-state index is 0.0251. The van der Waals surface area contributed by atoms with Crippen molar-refractivity contribution in [2.75, 3.05) is 13.7 Å². The van der Waals surface area contributed by atoms with Crippen LogP contribution in [0.5, 0.6) is 5.75 Å². The Morgan fingerprint density at radius 3 is 2.55 bits per heavy atom. The molecule has 1 aliphatic rings. The number of amides is 1. The Kier molecular flexibility index (Phi) is 4.40. The zero-order valence-corrected chi connectivity index (χ0v) is 11.3. The average Bonchev–Trinajstić information content (AvgIpc) is 3.27. The third kappa shape index (κ3) is 4.12. The van der Waals surface area contributed by atoms with E-state index in [4.69, 9.17) is 9.84 Å². The van der Waals surface area contributed by atoms with Gasteiger partial charge in [-0.1, -0.05) is 12.1 Å². The van der Waals surface area contributed by atoms with Gasteiger partial charge in [0.15, 0.2) is 6.61 Å². The summed E-state index contributed by atoms with van der Waals surface area (Å²) in [6.45, 7) is 0.0251. The van der Waals surface area contributed by atoms with Crippen LogP contribution < -0.4 is 4.74 Å². The van der Waals surface area contributed by atoms with Gasteiger partial charge >= 0.3 is 5.97 Å². The van der Waals surface area contributed by atoms with Crippen molar-refractivity contribution in [2.45, 2.75) is 18.9 Å². The van der Waals surface area contributed by atoms with Gasteiger partial charge in [0.1, 0.15) is 5.75 Å². The molecular formula is C15H17NO4. The molecule has 1 N–H and O–H groups in total. The highest BCUT2D eigenvalue weighted by atomic mass is 16.5. The van der Waals surface area contributed by atoms with Gasteiger partial charge in [-0.3, -0.25) is 4.79 Å². The van der Waals surface area contributed by atoms with Gasteiger partial charge in [-0.15, -0.1) is 0 Å². The van der Waals surface area contributed by atoms with Crippen molar-refractivity contribution in [1.29, 1.82) is 0 Å². The standard InChI is InChI=1S/C15H17NO4/c1-16(12-5-6-12)14(17)10-20-13-7-2-11(3-8-13)4-9-15(18)19/h2-4,7-9,12H,5-6,10H2,1H3,(H,18,19). The Balaban J connectivity index is 1.84. The number of hydrogen-bond acceptors (Lipinski definition) is 3. The van der Waals surface area contributed by atoms with Crippen molar-refractivity contribution in [2.24, 2.45) is 0 Å². The molecule has 0 bridgehead atoms. The first-order valence-electron chi connectivity index (χ1n) is 6.46. The van der Waals surface area contributed by atoms with Crippen LogP contribution in [0.4, 0.5) is 0 Å². The number of carboxylic acids is 1. The molecule has 1 aliphatic carbocycles. The van der Waals surface area contributed by atoms with Crippen molar-refractivity contribution in [3.63, 3.8) is 0 Å². The fraction of sp³-hybridized carbons (Fsp3) is 0.333. The van der Waals surface area contributed by atoms with Gasteiger partial charge in [-0.05, 0) is 36.6 Å². The van der Waals surface area contributed by atoms with Crippen molar-refractivity contribution in [3.8, 4) is 5.75 Å². The molecule has 20 heavy (non-hydrogen) atoms. The summed E-state index contributed by atoms with van der Waals surface area (Å²) in [5.74, 6) is -0.420. The summed E-state index contributed by atoms with van der Waals surface area (Å²) < 4.78 is 5.42. The molecule has 5 heteroatoms. The molecule has 0 radical (unpaired) electrons. The molecule has 1 aromatic rings. The van der Waals surface area contributed by atoms with E-state index in [-0.39, 0.29) is 12.5 Å². The van der Waals surface area contributed by atoms with Gasteiger partial charge in [0, 0.05) is 19.2 Å². The molecule has 0 aromatic heterocycles. The fourth-order valence-corrected chi connectivity index (χ4v) is 1.76. The lowest BCUT2D eigenvalue weighted by molar-refractivity contribution is -0.133. The summed E-state index contributed by atoms with van der Waals surface area (Å²) in [5, 5.41) is 8.52. The molecule has 0 atom stereocenters. The Bertz CT molecular complexity index is 517. The lowest BCUT2D eigenvalue weighted by atomic mass is 10.2. The maximum atomic E-state index is 11.8. The van der Waals surface area contributed by atoms with E-state index in [0.29, 0.717) is 11.8 Å². The molecule has 1 fully saturated rings. The summed E-state index contributed by atoms with van der Waals surface area (Å²) in [7, 11) is 1.79. The first-order valence-corrected chi connectivity index (χ1v) is 6.46. The molecule has 1 saturated carbocycles. The molecular weight excluding hydrogens is 258 g/mol. The average molecular weight is 275 g/mol. The Morgan fingerprint density at radius 2 is 2.00 bits per heavy atom. The molecule has 106 valence electrons. The number of likely N-dealkylation sites (N-methyl/N-ethyl adjacent to an activating group) is 1. The smallest absolute Gasteiger partial charge is 0.328 e. The van der Waals surface area contributed by atoms with Crippen molar-refractivity contribution >= 4 is 18.0 Å². The van der Waals surface area contributed by atoms with Crippen LogP contribution in [0.1, 0.15) is 18.4 Å². The Labute approximate surface area is 117 Å². The van der Waals surface area contributed by atoms with Crippen LogP contribution in [0.25, 0.3) is 6.08 Å². The number of carbonyl (C=O) groups is 2. The van der Waals surface area contributed by atoms with Gasteiger partial charge in [0.25, 0.3) is 5.91 Å². The molecule has 2 rings (SSSR count). The van der Waals surface area contributed by atoms with Gasteiger partial charge in [-0.2, -0.15) is 0 Å². The number of rotatable bonds is 6. The normalized spacial score (nSPS) is 14.2. The highest BCUT2D eigenvalue weighted by molar-refractivity contribution is 5.85. The van der Waals surface area contributed by atoms with Crippen molar-refractivity contribution in [1.82, 2.24) is 4.90 Å². The lowest BCUT2D eigenvalue weighted by Gasteiger charge is -2.16. The van der Waals surface area contributed by atoms with Crippen molar-refractivity contribution < 1.29 is 19.4 Å². The van der Waals surface area contributed by atoms with Gasteiger partial charge in [0.05, 0.1) is 0 Å². The zero-order valence-electron chi connectivity index (χ0n) is 11.3. The van der Waals surface area contributed by atoms with Crippen LogP contribution in [0.3, 0.4) is 0 Å². The van der Waals surface area contributed by atoms with E-state index in [2.05, 4.69) is 0 Å². The molecule has 0 saturated heterocycles. The zero-order chi connectivity index (χ0) is 14.5. The van der Waals surface area contributed by atoms with Crippen LogP contribution in [0.2, 0.25) is 0 Å². The number of hydrogen-bond donors (Lipinski definition) is 1. The van der Waals surface area contributed by atoms with Gasteiger partial charge < -0.3 is 14.7 Å². The minimum atomic E-state index is -0.987. The van der Waals surface area contributed by atoms with Crippen LogP contribution in [-0.4, -0.2) is 41.6 Å². The van der Waals surface area contributed by atoms with Crippen molar-refractivity contribution in [3.05, 3.63) is 35.9 Å². The maximum absolute atomic E-state index is 11.8. The van der Waals surface area contributed by atoms with Crippen LogP contribution in [0, 0.1) is 0 Å². The SMILES string of the molecule is CN(C(=O)COc1ccc(C=CC(=O)O)cc1)C1CC1. The van der Waals surface area contributed by atoms with Gasteiger partial charge in [0.2, 0.25) is 0 Å². The summed E-state index contributed by atoms with van der Waals surface area (Å²) in [5.41, 5.74) is 0.765. The topological polar surface area (TPSA) is 66.8 Å². The lowest BCUT2D eigenvalue weighted by Crippen LogP contribution is -2.33. The van der Waals surface area contributed by atoms with E-state index in [9.17, 15) is 9.59 Å². The molecule has 0 aliphatic heterocycles. The largest absolute Gasteiger partial charge is 0.484 e. The monoisotopic (exact) mass is 275 g/mol. The summed E-state index contributed by atoms with van der Waals surface area (Å²) >= 11 is 0. The third-order valence-electron chi connectivity index (χ3n) is 3.15. The van der Waals surface area contributed by atoms with Crippen LogP contribution in [-0.2, 0) is 9.59 Å². The van der Waals surface area contributed by atoms with Crippen LogP contribution in [0.15, 0.2) is 30.3 Å². The first-order chi connectivity index (χ1) is 9.56. The van der Waals surface area contributed by atoms with E-state index >= 15 is 0 Å². The number of carboxylic acid groups (broad SMARTS) is 1. The summed E-state index contributed by atoms with van der Waals surface area (Å²) in [6, 6.07) is 7.29. The Morgan fingerprint density at radius 1 is 1.35 bits per heavy atom. The number of carbonyl (C=O) groups excluding carboxylic acids is 1. The van der Waals surface area contributed by atoms with E-state index in [1.165, 1.54) is 6.08 Å².